The summed E-state index contributed by atoms with van der Waals surface area (Å²) < 4.78 is 2.80. The molecule has 2 amide bonds. The van der Waals surface area contributed by atoms with E-state index in [-0.39, 0.29) is 6.03 Å². The number of nitrogens with zero attached hydrogens (tertiary/aromatic N) is 4. The molecule has 0 saturated carbocycles. The van der Waals surface area contributed by atoms with Crippen LogP contribution in [0.5, 0.6) is 0 Å². The van der Waals surface area contributed by atoms with Gasteiger partial charge in [-0.25, -0.2) is 14.5 Å². The monoisotopic (exact) mass is 413 g/mol. The van der Waals surface area contributed by atoms with Crippen LogP contribution >= 0.6 is 15.9 Å². The fourth-order valence-corrected chi connectivity index (χ4v) is 2.78. The van der Waals surface area contributed by atoms with Gasteiger partial charge >= 0.3 is 6.03 Å². The lowest BCUT2D eigenvalue weighted by Crippen LogP contribution is -2.36. The van der Waals surface area contributed by atoms with Gasteiger partial charge in [0.2, 0.25) is 0 Å². The lowest BCUT2D eigenvalue weighted by atomic mass is 10.1. The van der Waals surface area contributed by atoms with Crippen LogP contribution in [0.3, 0.4) is 0 Å². The van der Waals surface area contributed by atoms with Crippen molar-refractivity contribution < 1.29 is 4.79 Å². The van der Waals surface area contributed by atoms with Crippen molar-refractivity contribution in [3.05, 3.63) is 82.3 Å². The summed E-state index contributed by atoms with van der Waals surface area (Å²) in [5, 5.41) is 7.04. The minimum absolute atomic E-state index is 0.0976. The van der Waals surface area contributed by atoms with Crippen LogP contribution < -0.4 is 5.32 Å². The summed E-state index contributed by atoms with van der Waals surface area (Å²) in [6.07, 6.45) is 3.21. The minimum atomic E-state index is -0.0976. The molecule has 3 aromatic rings. The van der Waals surface area contributed by atoms with E-state index in [2.05, 4.69) is 31.3 Å². The quantitative estimate of drug-likeness (QED) is 0.672. The Bertz CT molecular complexity index is 831. The van der Waals surface area contributed by atoms with Crippen LogP contribution in [0.2, 0.25) is 0 Å². The molecule has 0 radical (unpaired) electrons. The number of carbonyl (C=O) groups is 1. The van der Waals surface area contributed by atoms with Gasteiger partial charge in [-0.05, 0) is 28.8 Å². The van der Waals surface area contributed by atoms with Gasteiger partial charge in [-0.1, -0.05) is 52.3 Å². The van der Waals surface area contributed by atoms with Gasteiger partial charge in [-0.3, -0.25) is 0 Å². The van der Waals surface area contributed by atoms with Crippen molar-refractivity contribution in [2.24, 2.45) is 0 Å². The molecular formula is C19H20BrN5O. The second-order valence-electron chi connectivity index (χ2n) is 6.05. The lowest BCUT2D eigenvalue weighted by Gasteiger charge is -2.18. The molecule has 134 valence electrons. The normalized spacial score (nSPS) is 10.5. The van der Waals surface area contributed by atoms with Crippen molar-refractivity contribution in [3.63, 3.8) is 0 Å². The molecule has 3 rings (SSSR count). The maximum absolute atomic E-state index is 12.3. The smallest absolute Gasteiger partial charge is 0.317 e. The Morgan fingerprint density at radius 2 is 1.73 bits per heavy atom. The van der Waals surface area contributed by atoms with Crippen molar-refractivity contribution in [2.75, 3.05) is 7.05 Å². The third-order valence-electron chi connectivity index (χ3n) is 3.96. The fraction of sp³-hybridized carbons (Fsp3) is 0.211. The van der Waals surface area contributed by atoms with Gasteiger partial charge < -0.3 is 10.2 Å². The molecule has 1 N–H and O–H groups in total. The zero-order chi connectivity index (χ0) is 18.4. The van der Waals surface area contributed by atoms with E-state index in [1.165, 1.54) is 6.33 Å². The number of halogens is 1. The number of amides is 2. The van der Waals surface area contributed by atoms with E-state index >= 15 is 0 Å². The molecule has 0 aliphatic rings. The van der Waals surface area contributed by atoms with E-state index in [0.29, 0.717) is 19.6 Å². The Morgan fingerprint density at radius 1 is 1.08 bits per heavy atom. The first-order valence-corrected chi connectivity index (χ1v) is 9.03. The maximum atomic E-state index is 12.3. The Balaban J connectivity index is 1.48. The standard InChI is InChI=1S/C19H20BrN5O/c1-24(11-16-6-8-18(20)9-7-16)19(26)22-10-15-2-4-17(5-3-15)12-25-14-21-13-23-25/h2-9,13-14H,10-12H2,1H3,(H,22,26). The van der Waals surface area contributed by atoms with Gasteiger partial charge in [-0.2, -0.15) is 5.10 Å². The van der Waals surface area contributed by atoms with E-state index in [1.807, 2.05) is 48.5 Å². The van der Waals surface area contributed by atoms with Crippen molar-refractivity contribution in [1.29, 1.82) is 0 Å². The predicted molar refractivity (Wildman–Crippen MR) is 103 cm³/mol. The summed E-state index contributed by atoms with van der Waals surface area (Å²) >= 11 is 3.41. The SMILES string of the molecule is CN(Cc1ccc(Br)cc1)C(=O)NCc1ccc(Cn2cncn2)cc1. The van der Waals surface area contributed by atoms with Gasteiger partial charge in [0.1, 0.15) is 12.7 Å². The molecule has 0 saturated heterocycles. The third-order valence-corrected chi connectivity index (χ3v) is 4.49. The number of carbonyl (C=O) groups excluding carboxylic acids is 1. The molecule has 26 heavy (non-hydrogen) atoms. The number of hydrogen-bond donors (Lipinski definition) is 1. The van der Waals surface area contributed by atoms with E-state index in [9.17, 15) is 4.79 Å². The summed E-state index contributed by atoms with van der Waals surface area (Å²) in [5.74, 6) is 0. The second-order valence-corrected chi connectivity index (χ2v) is 6.97. The van der Waals surface area contributed by atoms with Crippen LogP contribution in [0.4, 0.5) is 4.79 Å². The first-order chi connectivity index (χ1) is 12.6. The van der Waals surface area contributed by atoms with Crippen molar-refractivity contribution in [2.45, 2.75) is 19.6 Å². The highest BCUT2D eigenvalue weighted by molar-refractivity contribution is 9.10. The van der Waals surface area contributed by atoms with Gasteiger partial charge in [0.15, 0.2) is 0 Å². The summed E-state index contributed by atoms with van der Waals surface area (Å²) in [6.45, 7) is 1.74. The minimum Gasteiger partial charge on any atom is -0.334 e. The van der Waals surface area contributed by atoms with Crippen LogP contribution in [0.25, 0.3) is 0 Å². The van der Waals surface area contributed by atoms with E-state index in [0.717, 1.165) is 21.2 Å². The van der Waals surface area contributed by atoms with Gasteiger partial charge in [-0.15, -0.1) is 0 Å². The summed E-state index contributed by atoms with van der Waals surface area (Å²) in [5.41, 5.74) is 3.28. The highest BCUT2D eigenvalue weighted by Gasteiger charge is 2.08. The Labute approximate surface area is 161 Å². The molecule has 1 aromatic heterocycles. The van der Waals surface area contributed by atoms with E-state index in [1.54, 1.807) is 23.0 Å². The van der Waals surface area contributed by atoms with Crippen LogP contribution in [0.1, 0.15) is 16.7 Å². The number of rotatable bonds is 6. The number of nitrogens with one attached hydrogen (secondary N) is 1. The number of benzene rings is 2. The molecule has 6 nitrogen and oxygen atoms in total. The molecule has 0 aliphatic carbocycles. The highest BCUT2D eigenvalue weighted by Crippen LogP contribution is 2.12. The fourth-order valence-electron chi connectivity index (χ4n) is 2.51. The molecule has 0 bridgehead atoms. The second kappa shape index (κ2) is 8.62. The van der Waals surface area contributed by atoms with Crippen LogP contribution in [-0.2, 0) is 19.6 Å². The van der Waals surface area contributed by atoms with Gasteiger partial charge in [0.25, 0.3) is 0 Å². The average Bonchev–Trinajstić information content (AvgIpc) is 3.16. The predicted octanol–water partition coefficient (Wildman–Crippen LogP) is 3.43. The summed E-state index contributed by atoms with van der Waals surface area (Å²) in [6, 6.07) is 16.0. The van der Waals surface area contributed by atoms with Gasteiger partial charge in [0, 0.05) is 24.6 Å². The zero-order valence-electron chi connectivity index (χ0n) is 14.5. The molecule has 0 spiro atoms. The van der Waals surface area contributed by atoms with Crippen molar-refractivity contribution >= 4 is 22.0 Å². The maximum Gasteiger partial charge on any atom is 0.317 e. The first kappa shape index (κ1) is 18.1. The molecule has 0 unspecified atom stereocenters. The Morgan fingerprint density at radius 3 is 2.38 bits per heavy atom. The molecule has 0 fully saturated rings. The summed E-state index contributed by atoms with van der Waals surface area (Å²) in [4.78, 5) is 17.9. The Kier molecular flexibility index (Phi) is 6.01. The van der Waals surface area contributed by atoms with Crippen LogP contribution in [-0.4, -0.2) is 32.7 Å². The number of hydrogen-bond acceptors (Lipinski definition) is 3. The molecule has 0 atom stereocenters. The molecule has 7 heteroatoms. The van der Waals surface area contributed by atoms with Crippen LogP contribution in [0.15, 0.2) is 65.7 Å². The lowest BCUT2D eigenvalue weighted by molar-refractivity contribution is 0.206. The largest absolute Gasteiger partial charge is 0.334 e. The molecule has 2 aromatic carbocycles. The van der Waals surface area contributed by atoms with Crippen molar-refractivity contribution in [3.8, 4) is 0 Å². The van der Waals surface area contributed by atoms with Gasteiger partial charge in [0.05, 0.1) is 6.54 Å². The highest BCUT2D eigenvalue weighted by atomic mass is 79.9. The van der Waals surface area contributed by atoms with Crippen molar-refractivity contribution in [1.82, 2.24) is 25.0 Å². The molecular weight excluding hydrogens is 394 g/mol. The molecule has 0 aliphatic heterocycles. The third kappa shape index (κ3) is 5.16. The van der Waals surface area contributed by atoms with Crippen LogP contribution in [0, 0.1) is 0 Å². The molecule has 1 heterocycles. The number of urea groups is 1. The summed E-state index contributed by atoms with van der Waals surface area (Å²) in [7, 11) is 1.79. The van der Waals surface area contributed by atoms with E-state index in [4.69, 9.17) is 0 Å². The average molecular weight is 414 g/mol. The topological polar surface area (TPSA) is 63.1 Å². The Hall–Kier alpha value is -2.67. The zero-order valence-corrected chi connectivity index (χ0v) is 16.1. The first-order valence-electron chi connectivity index (χ1n) is 8.24. The van der Waals surface area contributed by atoms with E-state index < -0.39 is 0 Å². The number of aromatic nitrogens is 3.